The van der Waals surface area contributed by atoms with Crippen molar-refractivity contribution in [2.24, 2.45) is 0 Å². The number of H-pyrrole nitrogens is 1. The summed E-state index contributed by atoms with van der Waals surface area (Å²) in [6, 6.07) is 5.47. The monoisotopic (exact) mass is 267 g/mol. The Kier molecular flexibility index (Phi) is 2.27. The highest BCUT2D eigenvalue weighted by atomic mass is 16.5. The van der Waals surface area contributed by atoms with Gasteiger partial charge in [-0.25, -0.2) is 0 Å². The number of ether oxygens (including phenoxy) is 2. The van der Waals surface area contributed by atoms with Crippen LogP contribution in [0.25, 0.3) is 10.8 Å². The van der Waals surface area contributed by atoms with E-state index in [1.54, 1.807) is 13.2 Å². The Morgan fingerprint density at radius 2 is 2.05 bits per heavy atom. The van der Waals surface area contributed by atoms with Crippen LogP contribution >= 0.6 is 0 Å². The molecule has 1 N–H and O–H groups in total. The summed E-state index contributed by atoms with van der Waals surface area (Å²) in [6.45, 7) is 0. The smallest absolute Gasteiger partial charge is 0.256 e. The molecule has 0 saturated heterocycles. The lowest BCUT2D eigenvalue weighted by Crippen LogP contribution is -2.16. The molecular formula is C16H13NO3. The van der Waals surface area contributed by atoms with Gasteiger partial charge in [0.25, 0.3) is 5.56 Å². The molecular weight excluding hydrogens is 254 g/mol. The first-order valence-corrected chi connectivity index (χ1v) is 6.53. The fourth-order valence-electron chi connectivity index (χ4n) is 2.89. The molecule has 1 aliphatic carbocycles. The van der Waals surface area contributed by atoms with E-state index >= 15 is 0 Å². The average Bonchev–Trinajstić information content (AvgIpc) is 2.86. The van der Waals surface area contributed by atoms with E-state index in [0.717, 1.165) is 16.8 Å². The average molecular weight is 267 g/mol. The van der Waals surface area contributed by atoms with Gasteiger partial charge in [0.2, 0.25) is 0 Å². The van der Waals surface area contributed by atoms with Gasteiger partial charge in [0.1, 0.15) is 17.6 Å². The van der Waals surface area contributed by atoms with Gasteiger partial charge in [0.05, 0.1) is 24.1 Å². The van der Waals surface area contributed by atoms with Gasteiger partial charge in [-0.15, -0.1) is 0 Å². The molecule has 0 radical (unpaired) electrons. The third kappa shape index (κ3) is 1.45. The lowest BCUT2D eigenvalue weighted by Gasteiger charge is -2.13. The van der Waals surface area contributed by atoms with Crippen molar-refractivity contribution in [1.82, 2.24) is 4.98 Å². The maximum atomic E-state index is 12.3. The molecule has 4 rings (SSSR count). The van der Waals surface area contributed by atoms with E-state index in [0.29, 0.717) is 11.1 Å². The molecule has 2 heterocycles. The number of hydrogen-bond acceptors (Lipinski definition) is 3. The normalized spacial score (nSPS) is 22.4. The fraction of sp³-hybridized carbons (Fsp3) is 0.188. The maximum absolute atomic E-state index is 12.3. The largest absolute Gasteiger partial charge is 0.497 e. The molecule has 2 aliphatic rings. The molecule has 0 amide bonds. The molecule has 2 aromatic rings. The molecule has 20 heavy (non-hydrogen) atoms. The maximum Gasteiger partial charge on any atom is 0.256 e. The van der Waals surface area contributed by atoms with Crippen molar-refractivity contribution in [3.63, 3.8) is 0 Å². The number of aromatic amines is 1. The highest BCUT2D eigenvalue weighted by Crippen LogP contribution is 2.43. The molecule has 4 nitrogen and oxygen atoms in total. The van der Waals surface area contributed by atoms with Crippen LogP contribution in [-0.4, -0.2) is 18.2 Å². The van der Waals surface area contributed by atoms with Crippen LogP contribution in [0.3, 0.4) is 0 Å². The van der Waals surface area contributed by atoms with Crippen molar-refractivity contribution < 1.29 is 9.47 Å². The minimum Gasteiger partial charge on any atom is -0.497 e. The first-order chi connectivity index (χ1) is 9.78. The van der Waals surface area contributed by atoms with Gasteiger partial charge in [0.15, 0.2) is 0 Å². The second-order valence-corrected chi connectivity index (χ2v) is 4.99. The van der Waals surface area contributed by atoms with Crippen LogP contribution in [0.15, 0.2) is 47.3 Å². The molecule has 0 spiro atoms. The number of nitrogens with one attached hydrogen (secondary N) is 1. The fourth-order valence-corrected chi connectivity index (χ4v) is 2.89. The third-order valence-electron chi connectivity index (χ3n) is 3.88. The van der Waals surface area contributed by atoms with E-state index < -0.39 is 0 Å². The van der Waals surface area contributed by atoms with Crippen molar-refractivity contribution >= 4 is 10.8 Å². The van der Waals surface area contributed by atoms with Crippen LogP contribution in [-0.2, 0) is 0 Å². The number of allylic oxidation sites excluding steroid dienone is 2. The van der Waals surface area contributed by atoms with Gasteiger partial charge in [-0.05, 0) is 24.3 Å². The second kappa shape index (κ2) is 4.00. The minimum atomic E-state index is -0.107. The molecule has 0 bridgehead atoms. The lowest BCUT2D eigenvalue weighted by molar-refractivity contribution is 0.271. The highest BCUT2D eigenvalue weighted by molar-refractivity contribution is 5.90. The summed E-state index contributed by atoms with van der Waals surface area (Å²) in [5.74, 6) is 1.53. The molecule has 0 fully saturated rings. The number of fused-ring (bicyclic) bond motifs is 5. The third-order valence-corrected chi connectivity index (χ3v) is 3.88. The Bertz CT molecular complexity index is 816. The van der Waals surface area contributed by atoms with Gasteiger partial charge >= 0.3 is 0 Å². The van der Waals surface area contributed by atoms with E-state index in [9.17, 15) is 4.79 Å². The van der Waals surface area contributed by atoms with Crippen molar-refractivity contribution in [3.8, 4) is 11.5 Å². The van der Waals surface area contributed by atoms with E-state index in [2.05, 4.69) is 11.1 Å². The number of aromatic nitrogens is 1. The zero-order valence-electron chi connectivity index (χ0n) is 10.9. The molecule has 1 aromatic carbocycles. The van der Waals surface area contributed by atoms with Gasteiger partial charge in [0, 0.05) is 5.39 Å². The Hall–Kier alpha value is -2.49. The highest BCUT2D eigenvalue weighted by Gasteiger charge is 2.34. The summed E-state index contributed by atoms with van der Waals surface area (Å²) in [4.78, 5) is 15.2. The molecule has 2 unspecified atom stereocenters. The van der Waals surface area contributed by atoms with E-state index in [4.69, 9.17) is 9.47 Å². The Morgan fingerprint density at radius 3 is 2.90 bits per heavy atom. The first kappa shape index (κ1) is 11.3. The second-order valence-electron chi connectivity index (χ2n) is 4.99. The quantitative estimate of drug-likeness (QED) is 0.863. The number of pyridine rings is 1. The summed E-state index contributed by atoms with van der Waals surface area (Å²) in [5, 5.41) is 1.43. The van der Waals surface area contributed by atoms with Crippen molar-refractivity contribution in [3.05, 3.63) is 58.6 Å². The summed E-state index contributed by atoms with van der Waals surface area (Å²) in [7, 11) is 1.59. The van der Waals surface area contributed by atoms with Crippen molar-refractivity contribution in [2.75, 3.05) is 7.11 Å². The van der Waals surface area contributed by atoms with Gasteiger partial charge in [-0.3, -0.25) is 4.79 Å². The summed E-state index contributed by atoms with van der Waals surface area (Å²) >= 11 is 0. The molecule has 100 valence electrons. The molecule has 4 heteroatoms. The van der Waals surface area contributed by atoms with E-state index in [1.165, 1.54) is 0 Å². The Labute approximate surface area is 115 Å². The van der Waals surface area contributed by atoms with Gasteiger partial charge in [-0.2, -0.15) is 0 Å². The van der Waals surface area contributed by atoms with Gasteiger partial charge < -0.3 is 14.5 Å². The first-order valence-electron chi connectivity index (χ1n) is 6.53. The zero-order chi connectivity index (χ0) is 13.7. The van der Waals surface area contributed by atoms with Crippen LogP contribution in [0.1, 0.15) is 11.6 Å². The van der Waals surface area contributed by atoms with Crippen molar-refractivity contribution in [2.45, 2.75) is 12.0 Å². The van der Waals surface area contributed by atoms with E-state index in [-0.39, 0.29) is 17.6 Å². The molecule has 1 aliphatic heterocycles. The zero-order valence-corrected chi connectivity index (χ0v) is 10.9. The van der Waals surface area contributed by atoms with Crippen LogP contribution in [0.4, 0.5) is 0 Å². The van der Waals surface area contributed by atoms with E-state index in [1.807, 2.05) is 30.4 Å². The minimum absolute atomic E-state index is 0.0293. The predicted octanol–water partition coefficient (Wildman–Crippen LogP) is 2.51. The topological polar surface area (TPSA) is 51.3 Å². The number of methoxy groups -OCH3 is 1. The van der Waals surface area contributed by atoms with Crippen LogP contribution in [0.5, 0.6) is 11.5 Å². The lowest BCUT2D eigenvalue weighted by atomic mass is 9.95. The van der Waals surface area contributed by atoms with Crippen LogP contribution in [0.2, 0.25) is 0 Å². The predicted molar refractivity (Wildman–Crippen MR) is 76.6 cm³/mol. The Morgan fingerprint density at radius 1 is 1.20 bits per heavy atom. The molecule has 1 aromatic heterocycles. The number of hydrogen-bond donors (Lipinski definition) is 1. The molecule has 0 saturated carbocycles. The van der Waals surface area contributed by atoms with Gasteiger partial charge in [-0.1, -0.05) is 18.2 Å². The Balaban J connectivity index is 2.01. The molecule has 2 atom stereocenters. The summed E-state index contributed by atoms with van der Waals surface area (Å²) < 4.78 is 11.2. The standard InChI is InChI=1S/C16H13NO3/c1-19-9-6-7-10-12(8-9)16(18)17-14-11-4-2-3-5-13(11)20-15(10)14/h2-8,11,13H,1H3,(H,17,18). The van der Waals surface area contributed by atoms with Crippen molar-refractivity contribution in [1.29, 1.82) is 0 Å². The van der Waals surface area contributed by atoms with Crippen LogP contribution < -0.4 is 15.0 Å². The SMILES string of the molecule is COc1ccc2c3c([nH]c(=O)c2c1)C1C=CC=CC1O3. The summed E-state index contributed by atoms with van der Waals surface area (Å²) in [5.41, 5.74) is 0.753. The number of benzene rings is 1. The summed E-state index contributed by atoms with van der Waals surface area (Å²) in [6.07, 6.45) is 7.99. The van der Waals surface area contributed by atoms with Crippen LogP contribution in [0, 0.1) is 0 Å². The number of rotatable bonds is 1.